The van der Waals surface area contributed by atoms with Crippen molar-refractivity contribution in [3.05, 3.63) is 11.8 Å². The summed E-state index contributed by atoms with van der Waals surface area (Å²) in [5.74, 6) is 0.523. The van der Waals surface area contributed by atoms with E-state index in [1.54, 1.807) is 6.07 Å². The topological polar surface area (TPSA) is 103 Å². The highest BCUT2D eigenvalue weighted by Gasteiger charge is 2.25. The normalized spacial score (nSPS) is 22.1. The lowest BCUT2D eigenvalue weighted by Crippen LogP contribution is -2.56. The summed E-state index contributed by atoms with van der Waals surface area (Å²) >= 11 is 0. The van der Waals surface area contributed by atoms with Gasteiger partial charge in [-0.05, 0) is 25.8 Å². The Hall–Kier alpha value is -1.97. The molecule has 3 rings (SSSR count). The van der Waals surface area contributed by atoms with E-state index in [1.165, 1.54) is 19.3 Å². The standard InChI is InChI=1S/C17H28N6O3/c24-13-26-10-4-14-11-15(21-20-14)19-17(25)12-22-6-8-23(9-7-22)16-3-1-2-5-18-16/h11,13,16,18H,1-10,12H2,(H2,19,20,21,25). The fourth-order valence-corrected chi connectivity index (χ4v) is 3.54. The number of nitrogens with zero attached hydrogens (tertiary/aromatic N) is 3. The number of hydrogen-bond donors (Lipinski definition) is 3. The second-order valence-corrected chi connectivity index (χ2v) is 6.82. The van der Waals surface area contributed by atoms with Gasteiger partial charge in [0, 0.05) is 38.7 Å². The van der Waals surface area contributed by atoms with Crippen molar-refractivity contribution in [3.8, 4) is 0 Å². The van der Waals surface area contributed by atoms with Gasteiger partial charge in [0.2, 0.25) is 5.91 Å². The van der Waals surface area contributed by atoms with Gasteiger partial charge in [-0.25, -0.2) is 0 Å². The third-order valence-corrected chi connectivity index (χ3v) is 4.95. The van der Waals surface area contributed by atoms with Crippen molar-refractivity contribution in [1.29, 1.82) is 0 Å². The van der Waals surface area contributed by atoms with Crippen LogP contribution in [0.15, 0.2) is 6.07 Å². The molecule has 1 aromatic rings. The quantitative estimate of drug-likeness (QED) is 0.433. The fraction of sp³-hybridized carbons (Fsp3) is 0.706. The number of nitrogens with one attached hydrogen (secondary N) is 3. The Kier molecular flexibility index (Phi) is 6.98. The number of piperidine rings is 1. The maximum absolute atomic E-state index is 12.2. The average molecular weight is 364 g/mol. The Bertz CT molecular complexity index is 579. The number of amides is 1. The van der Waals surface area contributed by atoms with Crippen molar-refractivity contribution in [2.24, 2.45) is 0 Å². The van der Waals surface area contributed by atoms with Crippen molar-refractivity contribution in [2.45, 2.75) is 31.8 Å². The van der Waals surface area contributed by atoms with Gasteiger partial charge in [0.15, 0.2) is 0 Å². The number of carbonyl (C=O) groups excluding carboxylic acids is 2. The molecular formula is C17H28N6O3. The zero-order chi connectivity index (χ0) is 18.2. The number of aromatic nitrogens is 2. The molecule has 2 saturated heterocycles. The van der Waals surface area contributed by atoms with Gasteiger partial charge in [0.25, 0.3) is 6.47 Å². The molecule has 2 fully saturated rings. The van der Waals surface area contributed by atoms with Crippen LogP contribution in [-0.4, -0.2) is 84.4 Å². The largest absolute Gasteiger partial charge is 0.467 e. The summed E-state index contributed by atoms with van der Waals surface area (Å²) in [4.78, 5) is 27.0. The molecule has 9 heteroatoms. The minimum absolute atomic E-state index is 0.0476. The number of H-pyrrole nitrogens is 1. The first-order valence-corrected chi connectivity index (χ1v) is 9.34. The van der Waals surface area contributed by atoms with Crippen molar-refractivity contribution in [3.63, 3.8) is 0 Å². The molecule has 0 aliphatic carbocycles. The summed E-state index contributed by atoms with van der Waals surface area (Å²) < 4.78 is 4.64. The first-order valence-electron chi connectivity index (χ1n) is 9.34. The Balaban J connectivity index is 1.37. The highest BCUT2D eigenvalue weighted by atomic mass is 16.5. The lowest BCUT2D eigenvalue weighted by Gasteiger charge is -2.40. The smallest absolute Gasteiger partial charge is 0.293 e. The van der Waals surface area contributed by atoms with Crippen molar-refractivity contribution in [1.82, 2.24) is 25.3 Å². The monoisotopic (exact) mass is 364 g/mol. The van der Waals surface area contributed by atoms with Crippen LogP contribution in [0.25, 0.3) is 0 Å². The Labute approximate surface area is 153 Å². The first-order chi connectivity index (χ1) is 12.7. The van der Waals surface area contributed by atoms with Gasteiger partial charge in [-0.2, -0.15) is 5.10 Å². The van der Waals surface area contributed by atoms with E-state index >= 15 is 0 Å². The molecule has 1 atom stereocenters. The maximum Gasteiger partial charge on any atom is 0.293 e. The minimum atomic E-state index is -0.0476. The van der Waals surface area contributed by atoms with Crippen LogP contribution in [0.3, 0.4) is 0 Å². The van der Waals surface area contributed by atoms with Gasteiger partial charge < -0.3 is 15.4 Å². The fourth-order valence-electron chi connectivity index (χ4n) is 3.54. The van der Waals surface area contributed by atoms with E-state index in [2.05, 4.69) is 35.4 Å². The molecule has 0 radical (unpaired) electrons. The zero-order valence-electron chi connectivity index (χ0n) is 15.1. The molecule has 1 amide bonds. The molecule has 0 spiro atoms. The molecule has 1 unspecified atom stereocenters. The van der Waals surface area contributed by atoms with Crippen LogP contribution < -0.4 is 10.6 Å². The summed E-state index contributed by atoms with van der Waals surface area (Å²) in [5, 5.41) is 13.3. The summed E-state index contributed by atoms with van der Waals surface area (Å²) in [6, 6.07) is 1.76. The van der Waals surface area contributed by atoms with Gasteiger partial charge in [-0.3, -0.25) is 24.5 Å². The average Bonchev–Trinajstić information content (AvgIpc) is 3.10. The lowest BCUT2D eigenvalue weighted by molar-refractivity contribution is -0.128. The molecule has 0 saturated carbocycles. The minimum Gasteiger partial charge on any atom is -0.467 e. The van der Waals surface area contributed by atoms with Crippen LogP contribution in [0.2, 0.25) is 0 Å². The van der Waals surface area contributed by atoms with E-state index in [1.807, 2.05) is 0 Å². The van der Waals surface area contributed by atoms with Crippen molar-refractivity contribution >= 4 is 18.2 Å². The lowest BCUT2D eigenvalue weighted by atomic mass is 10.1. The van der Waals surface area contributed by atoms with Crippen LogP contribution in [-0.2, 0) is 20.7 Å². The van der Waals surface area contributed by atoms with Crippen molar-refractivity contribution in [2.75, 3.05) is 51.2 Å². The van der Waals surface area contributed by atoms with Crippen LogP contribution in [0.5, 0.6) is 0 Å². The number of anilines is 1. The second-order valence-electron chi connectivity index (χ2n) is 6.82. The van der Waals surface area contributed by atoms with Gasteiger partial charge in [0.05, 0.1) is 25.0 Å². The van der Waals surface area contributed by atoms with E-state index < -0.39 is 0 Å². The number of carbonyl (C=O) groups is 2. The van der Waals surface area contributed by atoms with Crippen LogP contribution in [0, 0.1) is 0 Å². The van der Waals surface area contributed by atoms with E-state index in [-0.39, 0.29) is 12.5 Å². The molecule has 0 aromatic carbocycles. The SMILES string of the molecule is O=COCCc1cc(NC(=O)CN2CCN(C3CCCCN3)CC2)[nH]n1. The Morgan fingerprint density at radius 1 is 1.35 bits per heavy atom. The second kappa shape index (κ2) is 9.65. The summed E-state index contributed by atoms with van der Waals surface area (Å²) in [5.41, 5.74) is 0.746. The number of ether oxygens (including phenoxy) is 1. The third kappa shape index (κ3) is 5.52. The Morgan fingerprint density at radius 2 is 2.19 bits per heavy atom. The maximum atomic E-state index is 12.2. The Morgan fingerprint density at radius 3 is 2.92 bits per heavy atom. The molecule has 2 aliphatic heterocycles. The molecular weight excluding hydrogens is 336 g/mol. The molecule has 0 bridgehead atoms. The predicted octanol–water partition coefficient (Wildman–Crippen LogP) is -0.219. The first kappa shape index (κ1) is 18.8. The van der Waals surface area contributed by atoms with Crippen LogP contribution in [0.1, 0.15) is 25.0 Å². The molecule has 1 aromatic heterocycles. The zero-order valence-corrected chi connectivity index (χ0v) is 15.1. The summed E-state index contributed by atoms with van der Waals surface area (Å²) in [7, 11) is 0. The summed E-state index contributed by atoms with van der Waals surface area (Å²) in [6.07, 6.45) is 4.82. The van der Waals surface area contributed by atoms with E-state index in [4.69, 9.17) is 0 Å². The van der Waals surface area contributed by atoms with E-state index in [9.17, 15) is 9.59 Å². The van der Waals surface area contributed by atoms with Crippen molar-refractivity contribution < 1.29 is 14.3 Å². The number of piperazine rings is 1. The number of aromatic amines is 1. The third-order valence-electron chi connectivity index (χ3n) is 4.95. The molecule has 144 valence electrons. The summed E-state index contributed by atoms with van der Waals surface area (Å²) in [6.45, 7) is 5.99. The molecule has 26 heavy (non-hydrogen) atoms. The van der Waals surface area contributed by atoms with Gasteiger partial charge >= 0.3 is 0 Å². The number of hydrogen-bond acceptors (Lipinski definition) is 7. The highest BCUT2D eigenvalue weighted by molar-refractivity contribution is 5.91. The predicted molar refractivity (Wildman–Crippen MR) is 96.6 cm³/mol. The van der Waals surface area contributed by atoms with Gasteiger partial charge in [-0.15, -0.1) is 0 Å². The molecule has 2 aliphatic rings. The molecule has 3 heterocycles. The van der Waals surface area contributed by atoms with Crippen LogP contribution >= 0.6 is 0 Å². The highest BCUT2D eigenvalue weighted by Crippen LogP contribution is 2.14. The van der Waals surface area contributed by atoms with Gasteiger partial charge in [-0.1, -0.05) is 0 Å². The molecule has 9 nitrogen and oxygen atoms in total. The van der Waals surface area contributed by atoms with Crippen LogP contribution in [0.4, 0.5) is 5.82 Å². The van der Waals surface area contributed by atoms with E-state index in [0.717, 1.165) is 38.4 Å². The van der Waals surface area contributed by atoms with Gasteiger partial charge in [0.1, 0.15) is 5.82 Å². The molecule has 3 N–H and O–H groups in total. The number of rotatable bonds is 8. The van der Waals surface area contributed by atoms with E-state index in [0.29, 0.717) is 31.4 Å².